The van der Waals surface area contributed by atoms with Crippen LogP contribution in [0.3, 0.4) is 0 Å². The van der Waals surface area contributed by atoms with Crippen molar-refractivity contribution in [1.82, 2.24) is 20.9 Å². The van der Waals surface area contributed by atoms with Crippen molar-refractivity contribution in [2.24, 2.45) is 0 Å². The number of benzene rings is 2. The lowest BCUT2D eigenvalue weighted by Gasteiger charge is -2.24. The van der Waals surface area contributed by atoms with Gasteiger partial charge in [-0.2, -0.15) is 5.10 Å². The van der Waals surface area contributed by atoms with E-state index >= 15 is 0 Å². The fraction of sp³-hybridized carbons (Fsp3) is 0.167. The molecule has 0 aliphatic rings. The van der Waals surface area contributed by atoms with Crippen LogP contribution in [0.25, 0.3) is 10.9 Å². The summed E-state index contributed by atoms with van der Waals surface area (Å²) in [6.07, 6.45) is 1.45. The van der Waals surface area contributed by atoms with E-state index in [0.29, 0.717) is 18.1 Å². The molecular weight excluding hydrogens is 334 g/mol. The SMILES string of the molecule is Cc1[nH]nc2ccc(N(NC=O)C(=S)NCCc3ccccc3)cc12. The molecule has 0 unspecified atom stereocenters. The number of hydrazine groups is 1. The Hall–Kier alpha value is -2.93. The van der Waals surface area contributed by atoms with Crippen molar-refractivity contribution in [1.29, 1.82) is 0 Å². The number of amides is 1. The van der Waals surface area contributed by atoms with Crippen LogP contribution in [-0.2, 0) is 11.2 Å². The monoisotopic (exact) mass is 353 g/mol. The summed E-state index contributed by atoms with van der Waals surface area (Å²) < 4.78 is 0. The first-order valence-electron chi connectivity index (χ1n) is 7.95. The lowest BCUT2D eigenvalue weighted by Crippen LogP contribution is -2.48. The summed E-state index contributed by atoms with van der Waals surface area (Å²) in [6.45, 7) is 2.62. The van der Waals surface area contributed by atoms with Gasteiger partial charge >= 0.3 is 0 Å². The van der Waals surface area contributed by atoms with Crippen LogP contribution in [0, 0.1) is 6.92 Å². The van der Waals surface area contributed by atoms with Crippen molar-refractivity contribution in [2.75, 3.05) is 11.6 Å². The standard InChI is InChI=1S/C18H19N5OS/c1-13-16-11-15(7-8-17(16)22-21-13)23(20-12-24)18(25)19-10-9-14-5-3-2-4-6-14/h2-8,11-12H,9-10H2,1H3,(H,19,25)(H,20,24)(H,21,22). The number of H-pyrrole nitrogens is 1. The van der Waals surface area contributed by atoms with Crippen LogP contribution in [-0.4, -0.2) is 28.3 Å². The van der Waals surface area contributed by atoms with E-state index in [-0.39, 0.29) is 0 Å². The number of carbonyl (C=O) groups excluding carboxylic acids is 1. The van der Waals surface area contributed by atoms with Crippen molar-refractivity contribution < 1.29 is 4.79 Å². The molecule has 0 radical (unpaired) electrons. The largest absolute Gasteiger partial charge is 0.361 e. The van der Waals surface area contributed by atoms with Gasteiger partial charge in [0.05, 0.1) is 11.2 Å². The topological polar surface area (TPSA) is 73.0 Å². The molecule has 1 heterocycles. The minimum absolute atomic E-state index is 0.434. The lowest BCUT2D eigenvalue weighted by atomic mass is 10.1. The number of fused-ring (bicyclic) bond motifs is 1. The smallest absolute Gasteiger partial charge is 0.226 e. The molecule has 0 atom stereocenters. The number of hydrogen-bond donors (Lipinski definition) is 3. The Bertz CT molecular complexity index is 878. The van der Waals surface area contributed by atoms with E-state index in [1.165, 1.54) is 5.56 Å². The molecule has 3 N–H and O–H groups in total. The number of rotatable bonds is 6. The number of aryl methyl sites for hydroxylation is 1. The predicted octanol–water partition coefficient (Wildman–Crippen LogP) is 2.46. The van der Waals surface area contributed by atoms with E-state index in [4.69, 9.17) is 12.2 Å². The van der Waals surface area contributed by atoms with Gasteiger partial charge in [-0.15, -0.1) is 0 Å². The summed E-state index contributed by atoms with van der Waals surface area (Å²) in [6, 6.07) is 15.8. The Morgan fingerprint density at radius 3 is 2.84 bits per heavy atom. The molecule has 2 aromatic carbocycles. The third-order valence-corrected chi connectivity index (χ3v) is 4.23. The van der Waals surface area contributed by atoms with Crippen molar-refractivity contribution in [3.63, 3.8) is 0 Å². The van der Waals surface area contributed by atoms with Gasteiger partial charge in [0.2, 0.25) is 6.41 Å². The number of nitrogens with zero attached hydrogens (tertiary/aromatic N) is 2. The molecule has 0 aliphatic heterocycles. The summed E-state index contributed by atoms with van der Waals surface area (Å²) in [4.78, 5) is 11.0. The Kier molecular flexibility index (Phi) is 5.25. The average molecular weight is 353 g/mol. The van der Waals surface area contributed by atoms with Gasteiger partial charge < -0.3 is 5.32 Å². The third-order valence-electron chi connectivity index (χ3n) is 3.90. The molecule has 25 heavy (non-hydrogen) atoms. The second-order valence-corrected chi connectivity index (χ2v) is 5.99. The van der Waals surface area contributed by atoms with Gasteiger partial charge in [-0.25, -0.2) is 5.01 Å². The molecule has 0 fully saturated rings. The summed E-state index contributed by atoms with van der Waals surface area (Å²) in [7, 11) is 0. The van der Waals surface area contributed by atoms with E-state index in [2.05, 4.69) is 33.1 Å². The van der Waals surface area contributed by atoms with Crippen LogP contribution >= 0.6 is 12.2 Å². The molecule has 7 heteroatoms. The molecule has 0 saturated heterocycles. The normalized spacial score (nSPS) is 10.4. The van der Waals surface area contributed by atoms with E-state index < -0.39 is 0 Å². The molecule has 1 amide bonds. The van der Waals surface area contributed by atoms with E-state index in [9.17, 15) is 4.79 Å². The van der Waals surface area contributed by atoms with Gasteiger partial charge in [0.25, 0.3) is 0 Å². The maximum atomic E-state index is 11.0. The van der Waals surface area contributed by atoms with Gasteiger partial charge in [0.1, 0.15) is 0 Å². The van der Waals surface area contributed by atoms with E-state index in [0.717, 1.165) is 28.7 Å². The molecule has 3 rings (SSSR count). The molecule has 1 aromatic heterocycles. The van der Waals surface area contributed by atoms with Gasteiger partial charge in [-0.3, -0.25) is 15.3 Å². The van der Waals surface area contributed by atoms with Gasteiger partial charge in [-0.05, 0) is 49.3 Å². The maximum Gasteiger partial charge on any atom is 0.226 e. The predicted molar refractivity (Wildman–Crippen MR) is 103 cm³/mol. The number of anilines is 1. The highest BCUT2D eigenvalue weighted by Crippen LogP contribution is 2.22. The zero-order chi connectivity index (χ0) is 17.6. The molecule has 0 aliphatic carbocycles. The maximum absolute atomic E-state index is 11.0. The van der Waals surface area contributed by atoms with Crippen molar-refractivity contribution in [3.05, 3.63) is 59.8 Å². The minimum atomic E-state index is 0.434. The molecule has 6 nitrogen and oxygen atoms in total. The van der Waals surface area contributed by atoms with Crippen LogP contribution in [0.5, 0.6) is 0 Å². The van der Waals surface area contributed by atoms with Gasteiger partial charge in [0, 0.05) is 17.6 Å². The minimum Gasteiger partial charge on any atom is -0.361 e. The number of aromatic nitrogens is 2. The summed E-state index contributed by atoms with van der Waals surface area (Å²) in [5, 5.41) is 13.3. The Morgan fingerprint density at radius 1 is 1.28 bits per heavy atom. The Labute approximate surface area is 151 Å². The highest BCUT2D eigenvalue weighted by atomic mass is 32.1. The first kappa shape index (κ1) is 16.9. The summed E-state index contributed by atoms with van der Waals surface area (Å²) >= 11 is 5.44. The zero-order valence-electron chi connectivity index (χ0n) is 13.8. The molecule has 0 saturated carbocycles. The number of aromatic amines is 1. The van der Waals surface area contributed by atoms with Crippen LogP contribution in [0.4, 0.5) is 5.69 Å². The van der Waals surface area contributed by atoms with Gasteiger partial charge in [0.15, 0.2) is 5.11 Å². The number of thiocarbonyl (C=S) groups is 1. The zero-order valence-corrected chi connectivity index (χ0v) is 14.6. The second kappa shape index (κ2) is 7.76. The highest BCUT2D eigenvalue weighted by molar-refractivity contribution is 7.80. The van der Waals surface area contributed by atoms with Gasteiger partial charge in [-0.1, -0.05) is 30.3 Å². The lowest BCUT2D eigenvalue weighted by molar-refractivity contribution is -0.109. The number of nitrogens with one attached hydrogen (secondary N) is 3. The highest BCUT2D eigenvalue weighted by Gasteiger charge is 2.13. The first-order chi connectivity index (χ1) is 12.2. The Balaban J connectivity index is 1.71. The number of hydrogen-bond acceptors (Lipinski definition) is 3. The van der Waals surface area contributed by atoms with Crippen LogP contribution in [0.1, 0.15) is 11.3 Å². The van der Waals surface area contributed by atoms with E-state index in [1.807, 2.05) is 43.3 Å². The van der Waals surface area contributed by atoms with Crippen molar-refractivity contribution >= 4 is 40.3 Å². The molecular formula is C18H19N5OS. The molecule has 128 valence electrons. The quantitative estimate of drug-likeness (QED) is 0.361. The number of carbonyl (C=O) groups is 1. The summed E-state index contributed by atoms with van der Waals surface area (Å²) in [5.41, 5.74) is 6.47. The summed E-state index contributed by atoms with van der Waals surface area (Å²) in [5.74, 6) is 0. The molecule has 0 spiro atoms. The van der Waals surface area contributed by atoms with Crippen LogP contribution in [0.15, 0.2) is 48.5 Å². The van der Waals surface area contributed by atoms with E-state index in [1.54, 1.807) is 5.01 Å². The fourth-order valence-electron chi connectivity index (χ4n) is 2.61. The van der Waals surface area contributed by atoms with Crippen LogP contribution in [0.2, 0.25) is 0 Å². The van der Waals surface area contributed by atoms with Crippen molar-refractivity contribution in [3.8, 4) is 0 Å². The second-order valence-electron chi connectivity index (χ2n) is 5.60. The van der Waals surface area contributed by atoms with Crippen molar-refractivity contribution in [2.45, 2.75) is 13.3 Å². The van der Waals surface area contributed by atoms with Crippen LogP contribution < -0.4 is 15.8 Å². The average Bonchev–Trinajstić information content (AvgIpc) is 3.01. The first-order valence-corrected chi connectivity index (χ1v) is 8.36. The Morgan fingerprint density at radius 2 is 2.08 bits per heavy atom. The molecule has 3 aromatic rings. The fourth-order valence-corrected chi connectivity index (χ4v) is 2.87. The molecule has 0 bridgehead atoms. The third kappa shape index (κ3) is 3.95.